The summed E-state index contributed by atoms with van der Waals surface area (Å²) >= 11 is 0. The van der Waals surface area contributed by atoms with Crippen LogP contribution in [0.15, 0.2) is 30.5 Å². The molecule has 11 heteroatoms. The molecule has 2 aromatic rings. The Morgan fingerprint density at radius 1 is 1.23 bits per heavy atom. The second-order valence-electron chi connectivity index (χ2n) is 6.71. The van der Waals surface area contributed by atoms with E-state index in [4.69, 9.17) is 9.47 Å². The van der Waals surface area contributed by atoms with Gasteiger partial charge in [-0.3, -0.25) is 14.9 Å². The molecule has 0 saturated carbocycles. The van der Waals surface area contributed by atoms with Crippen molar-refractivity contribution in [2.24, 2.45) is 0 Å². The molecule has 0 unspecified atom stereocenters. The third-order valence-corrected chi connectivity index (χ3v) is 3.94. The first-order chi connectivity index (χ1) is 14.5. The number of alkyl halides is 2. The summed E-state index contributed by atoms with van der Waals surface area (Å²) in [5.41, 5.74) is 0.781. The number of aryl methyl sites for hydroxylation is 1. The summed E-state index contributed by atoms with van der Waals surface area (Å²) in [7, 11) is 1.34. The maximum atomic E-state index is 13.7. The number of halogens is 2. The number of rotatable bonds is 9. The lowest BCUT2D eigenvalue weighted by molar-refractivity contribution is -0.114. The molecular weight excluding hydrogens is 412 g/mol. The second-order valence-corrected chi connectivity index (χ2v) is 6.71. The van der Waals surface area contributed by atoms with E-state index in [0.29, 0.717) is 11.3 Å². The van der Waals surface area contributed by atoms with E-state index >= 15 is 0 Å². The summed E-state index contributed by atoms with van der Waals surface area (Å²) in [6, 6.07) is 2.98. The van der Waals surface area contributed by atoms with Gasteiger partial charge in [0, 0.05) is 25.4 Å². The number of aromatic nitrogens is 3. The summed E-state index contributed by atoms with van der Waals surface area (Å²) in [6.07, 6.45) is 1.37. The number of methoxy groups -OCH3 is 1. The number of anilines is 1. The first-order valence-electron chi connectivity index (χ1n) is 9.13. The summed E-state index contributed by atoms with van der Waals surface area (Å²) in [5.74, 6) is -4.02. The molecule has 2 heterocycles. The molecule has 0 aromatic carbocycles. The average molecular weight is 435 g/mol. The third-order valence-electron chi connectivity index (χ3n) is 3.94. The fourth-order valence-corrected chi connectivity index (χ4v) is 2.28. The van der Waals surface area contributed by atoms with Gasteiger partial charge in [-0.1, -0.05) is 6.58 Å². The summed E-state index contributed by atoms with van der Waals surface area (Å²) in [6.45, 7) is 6.54. The van der Waals surface area contributed by atoms with Crippen LogP contribution in [0.2, 0.25) is 0 Å². The molecule has 2 aromatic heterocycles. The largest absolute Gasteiger partial charge is 0.491 e. The van der Waals surface area contributed by atoms with Crippen molar-refractivity contribution in [3.8, 4) is 11.6 Å². The molecule has 0 bridgehead atoms. The first kappa shape index (κ1) is 23.6. The topological polar surface area (TPSA) is 115 Å². The van der Waals surface area contributed by atoms with E-state index in [1.807, 2.05) is 0 Å². The van der Waals surface area contributed by atoms with Crippen LogP contribution in [0.4, 0.5) is 14.7 Å². The number of ether oxygens (including phenoxy) is 2. The van der Waals surface area contributed by atoms with Gasteiger partial charge in [-0.2, -0.15) is 8.78 Å². The third kappa shape index (κ3) is 6.69. The maximum Gasteiger partial charge on any atom is 0.302 e. The molecule has 2 amide bonds. The Balaban J connectivity index is 2.07. The minimum atomic E-state index is -3.20. The summed E-state index contributed by atoms with van der Waals surface area (Å²) in [5, 5.41) is 5.08. The molecule has 31 heavy (non-hydrogen) atoms. The van der Waals surface area contributed by atoms with Crippen molar-refractivity contribution >= 4 is 17.8 Å². The minimum Gasteiger partial charge on any atom is -0.491 e. The number of nitrogens with one attached hydrogen (secondary N) is 2. The van der Waals surface area contributed by atoms with Crippen molar-refractivity contribution < 1.29 is 27.8 Å². The Morgan fingerprint density at radius 3 is 2.55 bits per heavy atom. The number of carbonyl (C=O) groups excluding carboxylic acids is 2. The zero-order valence-corrected chi connectivity index (χ0v) is 17.6. The Bertz CT molecular complexity index is 998. The van der Waals surface area contributed by atoms with Gasteiger partial charge < -0.3 is 14.8 Å². The lowest BCUT2D eigenvalue weighted by Crippen LogP contribution is -2.27. The minimum absolute atomic E-state index is 0.0223. The predicted octanol–water partition coefficient (Wildman–Crippen LogP) is 2.67. The van der Waals surface area contributed by atoms with Gasteiger partial charge in [0.1, 0.15) is 5.69 Å². The predicted molar refractivity (Wildman–Crippen MR) is 108 cm³/mol. The molecule has 9 nitrogen and oxygen atoms in total. The quantitative estimate of drug-likeness (QED) is 0.582. The van der Waals surface area contributed by atoms with Gasteiger partial charge in [-0.15, -0.1) is 0 Å². The number of carbonyl (C=O) groups is 2. The molecule has 0 spiro atoms. The van der Waals surface area contributed by atoms with E-state index in [9.17, 15) is 18.4 Å². The number of pyridine rings is 1. The van der Waals surface area contributed by atoms with Crippen molar-refractivity contribution in [2.45, 2.75) is 33.2 Å². The molecule has 0 aliphatic carbocycles. The molecule has 2 N–H and O–H groups in total. The highest BCUT2D eigenvalue weighted by Crippen LogP contribution is 2.28. The van der Waals surface area contributed by atoms with E-state index in [1.165, 1.54) is 39.3 Å². The van der Waals surface area contributed by atoms with E-state index in [2.05, 4.69) is 32.2 Å². The van der Waals surface area contributed by atoms with Gasteiger partial charge in [0.05, 0.1) is 7.11 Å². The van der Waals surface area contributed by atoms with Crippen molar-refractivity contribution in [2.75, 3.05) is 19.0 Å². The average Bonchev–Trinajstić information content (AvgIpc) is 2.69. The van der Waals surface area contributed by atoms with E-state index in [1.54, 1.807) is 6.92 Å². The van der Waals surface area contributed by atoms with Crippen LogP contribution < -0.4 is 20.1 Å². The van der Waals surface area contributed by atoms with Crippen LogP contribution in [0.25, 0.3) is 0 Å². The van der Waals surface area contributed by atoms with Crippen LogP contribution >= 0.6 is 0 Å². The highest BCUT2D eigenvalue weighted by atomic mass is 19.3. The molecule has 0 aliphatic heterocycles. The van der Waals surface area contributed by atoms with E-state index in [-0.39, 0.29) is 41.3 Å². The van der Waals surface area contributed by atoms with Crippen LogP contribution in [0.1, 0.15) is 35.6 Å². The molecule has 0 fully saturated rings. The first-order valence-corrected chi connectivity index (χ1v) is 9.13. The van der Waals surface area contributed by atoms with Crippen molar-refractivity contribution in [3.63, 3.8) is 0 Å². The number of amides is 2. The van der Waals surface area contributed by atoms with Crippen molar-refractivity contribution in [1.29, 1.82) is 0 Å². The Labute approximate surface area is 177 Å². The van der Waals surface area contributed by atoms with Gasteiger partial charge in [0.15, 0.2) is 12.4 Å². The van der Waals surface area contributed by atoms with Gasteiger partial charge in [0.2, 0.25) is 11.9 Å². The number of hydrogen-bond donors (Lipinski definition) is 2. The van der Waals surface area contributed by atoms with Crippen LogP contribution in [0.3, 0.4) is 0 Å². The molecule has 0 radical (unpaired) electrons. The normalized spacial score (nSPS) is 10.9. The Hall–Kier alpha value is -3.63. The summed E-state index contributed by atoms with van der Waals surface area (Å²) < 4.78 is 37.6. The van der Waals surface area contributed by atoms with Crippen LogP contribution in [-0.2, 0) is 11.3 Å². The molecule has 0 atom stereocenters. The monoisotopic (exact) mass is 435 g/mol. The highest BCUT2D eigenvalue weighted by molar-refractivity contribution is 5.93. The molecule has 2 rings (SSSR count). The fourth-order valence-electron chi connectivity index (χ4n) is 2.28. The molecule has 0 aliphatic rings. The van der Waals surface area contributed by atoms with Crippen molar-refractivity contribution in [3.05, 3.63) is 47.4 Å². The maximum absolute atomic E-state index is 13.7. The Morgan fingerprint density at radius 2 is 1.94 bits per heavy atom. The van der Waals surface area contributed by atoms with Crippen LogP contribution in [0.5, 0.6) is 11.6 Å². The van der Waals surface area contributed by atoms with Crippen molar-refractivity contribution in [1.82, 2.24) is 20.3 Å². The molecular formula is C20H23F2N5O4. The zero-order valence-electron chi connectivity index (χ0n) is 17.6. The van der Waals surface area contributed by atoms with Gasteiger partial charge in [-0.05, 0) is 37.1 Å². The zero-order chi connectivity index (χ0) is 23.2. The smallest absolute Gasteiger partial charge is 0.302 e. The summed E-state index contributed by atoms with van der Waals surface area (Å²) in [4.78, 5) is 35.6. The second kappa shape index (κ2) is 9.92. The Kier molecular flexibility index (Phi) is 7.56. The van der Waals surface area contributed by atoms with Gasteiger partial charge >= 0.3 is 5.92 Å². The molecule has 0 saturated heterocycles. The number of hydrogen-bond acceptors (Lipinski definition) is 7. The lowest BCUT2D eigenvalue weighted by atomic mass is 10.2. The van der Waals surface area contributed by atoms with E-state index in [0.717, 1.165) is 0 Å². The number of nitrogens with zero attached hydrogens (tertiary/aromatic N) is 3. The van der Waals surface area contributed by atoms with E-state index < -0.39 is 18.4 Å². The fraction of sp³-hybridized carbons (Fsp3) is 0.350. The van der Waals surface area contributed by atoms with Gasteiger partial charge in [0.25, 0.3) is 11.8 Å². The lowest BCUT2D eigenvalue weighted by Gasteiger charge is -2.17. The SMILES string of the molecule is C=C(C)C(F)(F)COc1ncc(CNC(=O)c2cc(C)nc(NC(C)=O)n2)cc1OC. The van der Waals surface area contributed by atoms with Gasteiger partial charge in [-0.25, -0.2) is 15.0 Å². The van der Waals surface area contributed by atoms with Crippen LogP contribution in [-0.4, -0.2) is 46.4 Å². The highest BCUT2D eigenvalue weighted by Gasteiger charge is 2.31. The van der Waals surface area contributed by atoms with Crippen LogP contribution in [0, 0.1) is 6.92 Å². The molecule has 166 valence electrons. The standard InChI is InChI=1S/C20H23F2N5O4/c1-11(2)20(21,22)10-31-18-16(30-5)7-14(9-24-18)8-23-17(29)15-6-12(3)25-19(27-15)26-13(4)28/h6-7,9H,1,8,10H2,2-5H3,(H,23,29)(H,25,26,27,28).